The van der Waals surface area contributed by atoms with Gasteiger partial charge in [-0.2, -0.15) is 0 Å². The molecule has 26 heavy (non-hydrogen) atoms. The van der Waals surface area contributed by atoms with Crippen LogP contribution < -0.4 is 10.1 Å². The molecule has 1 atom stereocenters. The molecule has 0 bridgehead atoms. The lowest BCUT2D eigenvalue weighted by atomic mass is 10.1. The van der Waals surface area contributed by atoms with E-state index >= 15 is 0 Å². The quantitative estimate of drug-likeness (QED) is 0.356. The Morgan fingerprint density at radius 2 is 2.15 bits per heavy atom. The summed E-state index contributed by atoms with van der Waals surface area (Å²) >= 11 is 0. The molecule has 2 aromatic rings. The Hall–Kier alpha value is -3.11. The van der Waals surface area contributed by atoms with E-state index in [0.717, 1.165) is 10.9 Å². The number of nitrogens with one attached hydrogen (secondary N) is 1. The van der Waals surface area contributed by atoms with Gasteiger partial charge < -0.3 is 19.6 Å². The van der Waals surface area contributed by atoms with E-state index in [4.69, 9.17) is 15.9 Å². The van der Waals surface area contributed by atoms with Crippen molar-refractivity contribution >= 4 is 23.0 Å². The summed E-state index contributed by atoms with van der Waals surface area (Å²) in [5.74, 6) is 2.55. The number of hydrogen-bond donors (Lipinski definition) is 1. The van der Waals surface area contributed by atoms with Crippen LogP contribution in [0.4, 0.5) is 0 Å². The zero-order valence-electron chi connectivity index (χ0n) is 15.1. The lowest BCUT2D eigenvalue weighted by Gasteiger charge is -2.24. The second-order valence-electron chi connectivity index (χ2n) is 6.04. The monoisotopic (exact) mass is 355 g/mol. The lowest BCUT2D eigenvalue weighted by molar-refractivity contribution is -0.149. The number of carbonyl (C=O) groups is 1. The molecule has 0 fully saturated rings. The smallest absolute Gasteiger partial charge is 0.290 e. The van der Waals surface area contributed by atoms with Gasteiger partial charge in [0.1, 0.15) is 12.9 Å². The maximum absolute atomic E-state index is 12.4. The summed E-state index contributed by atoms with van der Waals surface area (Å²) in [5.41, 5.74) is 0.698. The summed E-state index contributed by atoms with van der Waals surface area (Å²) in [4.78, 5) is 21.3. The molecule has 7 heteroatoms. The van der Waals surface area contributed by atoms with Crippen LogP contribution in [0.1, 0.15) is 19.4 Å². The number of aromatic nitrogens is 1. The summed E-state index contributed by atoms with van der Waals surface area (Å²) in [6.45, 7) is 3.53. The van der Waals surface area contributed by atoms with Gasteiger partial charge in [-0.25, -0.2) is 0 Å². The first-order valence-electron chi connectivity index (χ1n) is 7.84. The molecular weight excluding hydrogens is 334 g/mol. The molecule has 7 nitrogen and oxygen atoms in total. The summed E-state index contributed by atoms with van der Waals surface area (Å²) in [6, 6.07) is 7.06. The first-order valence-corrected chi connectivity index (χ1v) is 7.84. The molecule has 0 aliphatic carbocycles. The molecule has 2 rings (SSSR count). The van der Waals surface area contributed by atoms with Crippen LogP contribution in [0, 0.1) is 12.3 Å². The van der Waals surface area contributed by atoms with Crippen molar-refractivity contribution in [2.24, 2.45) is 5.16 Å². The highest BCUT2D eigenvalue weighted by Gasteiger charge is 2.26. The van der Waals surface area contributed by atoms with Gasteiger partial charge in [0.15, 0.2) is 0 Å². The Bertz CT molecular complexity index is 855. The zero-order valence-corrected chi connectivity index (χ0v) is 15.1. The summed E-state index contributed by atoms with van der Waals surface area (Å²) in [6.07, 6.45) is 7.36. The van der Waals surface area contributed by atoms with E-state index in [9.17, 15) is 4.79 Å². The summed E-state index contributed by atoms with van der Waals surface area (Å²) < 4.78 is 10.8. The number of methoxy groups -OCH3 is 1. The Morgan fingerprint density at radius 1 is 1.38 bits per heavy atom. The predicted octanol–water partition coefficient (Wildman–Crippen LogP) is 2.09. The molecule has 1 unspecified atom stereocenters. The highest BCUT2D eigenvalue weighted by Crippen LogP contribution is 2.21. The van der Waals surface area contributed by atoms with Gasteiger partial charge in [-0.3, -0.25) is 9.78 Å². The van der Waals surface area contributed by atoms with E-state index in [-0.39, 0.29) is 0 Å². The van der Waals surface area contributed by atoms with Gasteiger partial charge in [0.25, 0.3) is 12.2 Å². The van der Waals surface area contributed by atoms with E-state index in [1.54, 1.807) is 38.2 Å². The molecule has 0 saturated carbocycles. The van der Waals surface area contributed by atoms with Crippen molar-refractivity contribution in [3.8, 4) is 18.1 Å². The van der Waals surface area contributed by atoms with E-state index < -0.39 is 17.7 Å². The fourth-order valence-electron chi connectivity index (χ4n) is 2.19. The number of ether oxygens (including phenoxy) is 2. The molecule has 0 aliphatic heterocycles. The molecule has 1 heterocycles. The fraction of sp³-hybridized carbons (Fsp3) is 0.316. The van der Waals surface area contributed by atoms with E-state index in [0.29, 0.717) is 11.3 Å². The van der Waals surface area contributed by atoms with E-state index in [1.165, 1.54) is 20.4 Å². The number of rotatable bonds is 7. The lowest BCUT2D eigenvalue weighted by Crippen LogP contribution is -2.51. The van der Waals surface area contributed by atoms with Crippen LogP contribution in [0.15, 0.2) is 35.6 Å². The van der Waals surface area contributed by atoms with Crippen molar-refractivity contribution in [2.45, 2.75) is 25.7 Å². The van der Waals surface area contributed by atoms with Gasteiger partial charge in [0, 0.05) is 24.3 Å². The minimum absolute atomic E-state index is 0.448. The third kappa shape index (κ3) is 4.94. The largest absolute Gasteiger partial charge is 0.455 e. The number of benzene rings is 1. The number of carbonyl (C=O) groups excluding carboxylic acids is 1. The van der Waals surface area contributed by atoms with Crippen LogP contribution in [-0.2, 0) is 14.4 Å². The molecule has 0 aliphatic rings. The molecule has 0 radical (unpaired) electrons. The van der Waals surface area contributed by atoms with Gasteiger partial charge in [-0.05, 0) is 38.1 Å². The molecule has 0 saturated heterocycles. The number of hydrogen-bond acceptors (Lipinski definition) is 6. The first kappa shape index (κ1) is 19.2. The molecule has 1 amide bonds. The van der Waals surface area contributed by atoms with Crippen LogP contribution in [-0.4, -0.2) is 43.2 Å². The molecule has 1 aromatic heterocycles. The fourth-order valence-corrected chi connectivity index (χ4v) is 2.19. The number of fused-ring (bicyclic) bond motifs is 1. The molecule has 136 valence electrons. The average molecular weight is 355 g/mol. The highest BCUT2D eigenvalue weighted by atomic mass is 16.7. The van der Waals surface area contributed by atoms with Crippen molar-refractivity contribution in [3.05, 3.63) is 36.0 Å². The van der Waals surface area contributed by atoms with E-state index in [2.05, 4.69) is 26.2 Å². The topological polar surface area (TPSA) is 82.0 Å². The van der Waals surface area contributed by atoms with Gasteiger partial charge in [0.05, 0.1) is 17.3 Å². The number of pyridine rings is 1. The van der Waals surface area contributed by atoms with Gasteiger partial charge in [-0.15, -0.1) is 6.42 Å². The third-order valence-electron chi connectivity index (χ3n) is 3.42. The van der Waals surface area contributed by atoms with Crippen molar-refractivity contribution < 1.29 is 19.1 Å². The Balaban J connectivity index is 2.16. The van der Waals surface area contributed by atoms with Crippen LogP contribution in [0.25, 0.3) is 10.9 Å². The predicted molar refractivity (Wildman–Crippen MR) is 98.8 cm³/mol. The molecule has 1 aromatic carbocycles. The Kier molecular flexibility index (Phi) is 6.15. The SMILES string of the molecule is C#Cc1cnc2ccc(OC(OC)C(=O)NC(C)(C)C=NOC)cc2c1. The van der Waals surface area contributed by atoms with Crippen LogP contribution in [0.5, 0.6) is 5.75 Å². The molecule has 0 spiro atoms. The maximum atomic E-state index is 12.4. The second-order valence-corrected chi connectivity index (χ2v) is 6.04. The second kappa shape index (κ2) is 8.32. The number of oxime groups is 1. The molecular formula is C19H21N3O4. The number of amides is 1. The minimum Gasteiger partial charge on any atom is -0.455 e. The average Bonchev–Trinajstić information content (AvgIpc) is 2.63. The van der Waals surface area contributed by atoms with Crippen LogP contribution in [0.2, 0.25) is 0 Å². The Morgan fingerprint density at radius 3 is 2.81 bits per heavy atom. The van der Waals surface area contributed by atoms with Gasteiger partial charge in [-0.1, -0.05) is 11.1 Å². The molecule has 1 N–H and O–H groups in total. The number of nitrogens with zero attached hydrogens (tertiary/aromatic N) is 2. The van der Waals surface area contributed by atoms with Crippen molar-refractivity contribution in [3.63, 3.8) is 0 Å². The normalized spacial score (nSPS) is 12.6. The minimum atomic E-state index is -1.13. The van der Waals surface area contributed by atoms with Crippen molar-refractivity contribution in [1.82, 2.24) is 10.3 Å². The van der Waals surface area contributed by atoms with Crippen LogP contribution in [0.3, 0.4) is 0 Å². The van der Waals surface area contributed by atoms with Crippen molar-refractivity contribution in [2.75, 3.05) is 14.2 Å². The maximum Gasteiger partial charge on any atom is 0.290 e. The first-order chi connectivity index (χ1) is 12.4. The van der Waals surface area contributed by atoms with Gasteiger partial charge >= 0.3 is 0 Å². The summed E-state index contributed by atoms with van der Waals surface area (Å²) in [5, 5.41) is 7.24. The van der Waals surface area contributed by atoms with Gasteiger partial charge in [0.2, 0.25) is 0 Å². The highest BCUT2D eigenvalue weighted by molar-refractivity contribution is 5.85. The Labute approximate surface area is 152 Å². The standard InChI is InChI=1S/C19H21N3O4/c1-6-13-9-14-10-15(7-8-16(14)20-11-13)26-18(24-4)17(23)22-19(2,3)12-21-25-5/h1,7-12,18H,2-5H3,(H,22,23). The third-order valence-corrected chi connectivity index (χ3v) is 3.42. The van der Waals surface area contributed by atoms with E-state index in [1.807, 2.05) is 6.07 Å². The zero-order chi connectivity index (χ0) is 19.2. The summed E-state index contributed by atoms with van der Waals surface area (Å²) in [7, 11) is 2.81. The van der Waals surface area contributed by atoms with Crippen LogP contribution >= 0.6 is 0 Å². The number of terminal acetylenes is 1. The van der Waals surface area contributed by atoms with Crippen molar-refractivity contribution in [1.29, 1.82) is 0 Å².